The summed E-state index contributed by atoms with van der Waals surface area (Å²) < 4.78 is 37.6. The molecule has 0 saturated heterocycles. The summed E-state index contributed by atoms with van der Waals surface area (Å²) in [6.45, 7) is 1.74. The van der Waals surface area contributed by atoms with Gasteiger partial charge in [0.05, 0.1) is 0 Å². The Morgan fingerprint density at radius 1 is 1.33 bits per heavy atom. The zero-order chi connectivity index (χ0) is 13.3. The predicted octanol–water partition coefficient (Wildman–Crippen LogP) is 1.26. The van der Waals surface area contributed by atoms with Crippen molar-refractivity contribution in [2.45, 2.75) is 23.4 Å². The molecule has 0 spiro atoms. The number of hydrogen-bond acceptors (Lipinski definition) is 6. The zero-order valence-electron chi connectivity index (χ0n) is 9.01. The van der Waals surface area contributed by atoms with Gasteiger partial charge >= 0.3 is 6.18 Å². The van der Waals surface area contributed by atoms with E-state index < -0.39 is 12.0 Å². The van der Waals surface area contributed by atoms with E-state index in [1.54, 1.807) is 13.0 Å². The average molecular weight is 276 g/mol. The van der Waals surface area contributed by atoms with Crippen LogP contribution in [0, 0.1) is 6.92 Å². The Labute approximate surface area is 103 Å². The van der Waals surface area contributed by atoms with Gasteiger partial charge in [-0.1, -0.05) is 0 Å². The van der Waals surface area contributed by atoms with Crippen molar-refractivity contribution in [2.75, 3.05) is 5.84 Å². The Balaban J connectivity index is 2.28. The Morgan fingerprint density at radius 3 is 2.61 bits per heavy atom. The zero-order valence-corrected chi connectivity index (χ0v) is 9.83. The third-order valence-corrected chi connectivity index (χ3v) is 2.71. The van der Waals surface area contributed by atoms with E-state index in [2.05, 4.69) is 20.2 Å². The normalized spacial score (nSPS) is 11.8. The van der Waals surface area contributed by atoms with Gasteiger partial charge in [-0.2, -0.15) is 13.2 Å². The summed E-state index contributed by atoms with van der Waals surface area (Å²) in [5.41, 5.74) is 0.687. The van der Waals surface area contributed by atoms with Gasteiger partial charge in [0, 0.05) is 11.9 Å². The first-order valence-electron chi connectivity index (χ1n) is 4.63. The summed E-state index contributed by atoms with van der Waals surface area (Å²) in [7, 11) is 0. The van der Waals surface area contributed by atoms with Crippen molar-refractivity contribution >= 4 is 11.8 Å². The first-order chi connectivity index (χ1) is 8.38. The number of nitrogens with two attached hydrogens (primary N) is 1. The second-order valence-corrected chi connectivity index (χ2v) is 4.19. The molecule has 0 atom stereocenters. The first-order valence-corrected chi connectivity index (χ1v) is 5.45. The van der Waals surface area contributed by atoms with E-state index in [0.717, 1.165) is 11.8 Å². The van der Waals surface area contributed by atoms with Crippen molar-refractivity contribution in [1.29, 1.82) is 0 Å². The molecular formula is C8H7F3N6S. The lowest BCUT2D eigenvalue weighted by Gasteiger charge is -2.05. The van der Waals surface area contributed by atoms with Crippen LogP contribution in [0.1, 0.15) is 11.5 Å². The minimum Gasteiger partial charge on any atom is -0.335 e. The summed E-state index contributed by atoms with van der Waals surface area (Å²) in [6, 6.07) is 1.67. The summed E-state index contributed by atoms with van der Waals surface area (Å²) in [5, 5.41) is 6.47. The number of rotatable bonds is 2. The molecule has 0 radical (unpaired) electrons. The predicted molar refractivity (Wildman–Crippen MR) is 56.1 cm³/mol. The monoisotopic (exact) mass is 276 g/mol. The minimum atomic E-state index is -4.64. The summed E-state index contributed by atoms with van der Waals surface area (Å²) in [6.07, 6.45) is -3.15. The van der Waals surface area contributed by atoms with Gasteiger partial charge in [-0.25, -0.2) is 14.6 Å². The van der Waals surface area contributed by atoms with Crippen molar-refractivity contribution in [3.63, 3.8) is 0 Å². The molecule has 0 bridgehead atoms. The maximum absolute atomic E-state index is 12.4. The third kappa shape index (κ3) is 2.53. The molecule has 0 amide bonds. The molecule has 0 fully saturated rings. The average Bonchev–Trinajstić information content (AvgIpc) is 2.60. The second kappa shape index (κ2) is 4.44. The molecule has 2 N–H and O–H groups in total. The fourth-order valence-electron chi connectivity index (χ4n) is 1.10. The number of nitrogens with zero attached hydrogens (tertiary/aromatic N) is 5. The molecule has 0 aliphatic heterocycles. The van der Waals surface area contributed by atoms with Crippen LogP contribution in [-0.2, 0) is 6.18 Å². The SMILES string of the molecule is Cc1ccnc(Sc2nnc(C(F)(F)F)n2N)n1. The lowest BCUT2D eigenvalue weighted by Crippen LogP contribution is -2.21. The molecule has 2 aromatic rings. The fraction of sp³-hybridized carbons (Fsp3) is 0.250. The van der Waals surface area contributed by atoms with Gasteiger partial charge in [-0.05, 0) is 24.8 Å². The molecule has 2 rings (SSSR count). The molecule has 18 heavy (non-hydrogen) atoms. The van der Waals surface area contributed by atoms with Gasteiger partial charge in [-0.15, -0.1) is 10.2 Å². The molecule has 6 nitrogen and oxygen atoms in total. The van der Waals surface area contributed by atoms with Crippen LogP contribution < -0.4 is 5.84 Å². The standard InChI is InChI=1S/C8H7F3N6S/c1-4-2-3-13-6(14-4)18-7-16-15-5(17(7)12)8(9,10)11/h2-3H,12H2,1H3. The summed E-state index contributed by atoms with van der Waals surface area (Å²) >= 11 is 0.807. The highest BCUT2D eigenvalue weighted by Gasteiger charge is 2.38. The van der Waals surface area contributed by atoms with Crippen LogP contribution >= 0.6 is 11.8 Å². The van der Waals surface area contributed by atoms with Gasteiger partial charge in [0.1, 0.15) is 0 Å². The topological polar surface area (TPSA) is 82.5 Å². The van der Waals surface area contributed by atoms with Gasteiger partial charge in [0.15, 0.2) is 5.16 Å². The molecule has 10 heteroatoms. The smallest absolute Gasteiger partial charge is 0.335 e. The van der Waals surface area contributed by atoms with Crippen LogP contribution in [0.3, 0.4) is 0 Å². The van der Waals surface area contributed by atoms with E-state index >= 15 is 0 Å². The molecule has 0 unspecified atom stereocenters. The van der Waals surface area contributed by atoms with E-state index in [0.29, 0.717) is 10.4 Å². The number of halogens is 3. The Kier molecular flexibility index (Phi) is 3.11. The summed E-state index contributed by atoms with van der Waals surface area (Å²) in [4.78, 5) is 7.90. The van der Waals surface area contributed by atoms with E-state index in [-0.39, 0.29) is 10.3 Å². The molecule has 0 saturated carbocycles. The van der Waals surface area contributed by atoms with Crippen LogP contribution in [0.5, 0.6) is 0 Å². The Bertz CT molecular complexity index is 566. The number of aromatic nitrogens is 5. The number of aryl methyl sites for hydroxylation is 1. The molecular weight excluding hydrogens is 269 g/mol. The summed E-state index contributed by atoms with van der Waals surface area (Å²) in [5.74, 6) is 4.00. The highest BCUT2D eigenvalue weighted by Crippen LogP contribution is 2.30. The Morgan fingerprint density at radius 2 is 2.06 bits per heavy atom. The number of alkyl halides is 3. The van der Waals surface area contributed by atoms with Gasteiger partial charge < -0.3 is 5.84 Å². The highest BCUT2D eigenvalue weighted by molar-refractivity contribution is 7.99. The fourth-order valence-corrected chi connectivity index (χ4v) is 1.83. The van der Waals surface area contributed by atoms with Gasteiger partial charge in [-0.3, -0.25) is 0 Å². The lowest BCUT2D eigenvalue weighted by molar-refractivity contribution is -0.146. The lowest BCUT2D eigenvalue weighted by atomic mass is 10.5. The van der Waals surface area contributed by atoms with E-state index in [4.69, 9.17) is 5.84 Å². The van der Waals surface area contributed by atoms with Gasteiger partial charge in [0.2, 0.25) is 5.16 Å². The molecule has 2 heterocycles. The van der Waals surface area contributed by atoms with E-state index in [1.807, 2.05) is 0 Å². The molecule has 0 aromatic carbocycles. The third-order valence-electron chi connectivity index (χ3n) is 1.87. The van der Waals surface area contributed by atoms with E-state index in [1.165, 1.54) is 6.20 Å². The first kappa shape index (κ1) is 12.6. The van der Waals surface area contributed by atoms with Crippen LogP contribution in [0.2, 0.25) is 0 Å². The maximum atomic E-state index is 12.4. The maximum Gasteiger partial charge on any atom is 0.453 e. The van der Waals surface area contributed by atoms with Crippen molar-refractivity contribution in [1.82, 2.24) is 24.8 Å². The molecule has 0 aliphatic carbocycles. The van der Waals surface area contributed by atoms with Crippen molar-refractivity contribution in [2.24, 2.45) is 0 Å². The molecule has 0 aliphatic rings. The van der Waals surface area contributed by atoms with Crippen molar-refractivity contribution in [3.8, 4) is 0 Å². The largest absolute Gasteiger partial charge is 0.453 e. The quantitative estimate of drug-likeness (QED) is 0.657. The van der Waals surface area contributed by atoms with Crippen LogP contribution in [0.25, 0.3) is 0 Å². The van der Waals surface area contributed by atoms with E-state index in [9.17, 15) is 13.2 Å². The Hall–Kier alpha value is -1.84. The van der Waals surface area contributed by atoms with Crippen LogP contribution in [0.4, 0.5) is 13.2 Å². The van der Waals surface area contributed by atoms with Crippen molar-refractivity contribution in [3.05, 3.63) is 23.8 Å². The van der Waals surface area contributed by atoms with Gasteiger partial charge in [0.25, 0.3) is 5.82 Å². The molecule has 2 aromatic heterocycles. The number of nitrogen functional groups attached to an aromatic ring is 1. The van der Waals surface area contributed by atoms with Crippen LogP contribution in [0.15, 0.2) is 22.6 Å². The minimum absolute atomic E-state index is 0.132. The highest BCUT2D eigenvalue weighted by atomic mass is 32.2. The van der Waals surface area contributed by atoms with Crippen molar-refractivity contribution < 1.29 is 13.2 Å². The van der Waals surface area contributed by atoms with Crippen LogP contribution in [-0.4, -0.2) is 24.8 Å². The second-order valence-electron chi connectivity index (χ2n) is 3.26. The molecule has 96 valence electrons. The number of hydrogen-bond donors (Lipinski definition) is 1.